The average Bonchev–Trinajstić information content (AvgIpc) is 2.65. The number of rotatable bonds is 2. The van der Waals surface area contributed by atoms with Crippen LogP contribution >= 0.6 is 22.9 Å². The summed E-state index contributed by atoms with van der Waals surface area (Å²) in [7, 11) is 1.72. The van der Waals surface area contributed by atoms with Gasteiger partial charge in [0.25, 0.3) is 0 Å². The largest absolute Gasteiger partial charge is 0.314 e. The number of carbonyl (C=O) groups excluding carboxylic acids is 1. The standard InChI is InChI=1S/C11H11ClN2OS/c1-7-13-9-4-3-8(5-10(9)16-7)14(2)11(15)6-12/h3-5H,6H2,1-2H3. The Kier molecular flexibility index (Phi) is 3.12. The van der Waals surface area contributed by atoms with Crippen LogP contribution in [0.3, 0.4) is 0 Å². The molecule has 2 rings (SSSR count). The molecule has 0 unspecified atom stereocenters. The highest BCUT2D eigenvalue weighted by atomic mass is 35.5. The van der Waals surface area contributed by atoms with Gasteiger partial charge in [-0.15, -0.1) is 22.9 Å². The van der Waals surface area contributed by atoms with Crippen molar-refractivity contribution in [3.8, 4) is 0 Å². The molecule has 5 heteroatoms. The van der Waals surface area contributed by atoms with Crippen molar-refractivity contribution in [3.63, 3.8) is 0 Å². The van der Waals surface area contributed by atoms with Gasteiger partial charge in [0.1, 0.15) is 5.88 Å². The third kappa shape index (κ3) is 2.03. The van der Waals surface area contributed by atoms with Gasteiger partial charge in [0.15, 0.2) is 0 Å². The van der Waals surface area contributed by atoms with Crippen LogP contribution in [-0.2, 0) is 4.79 Å². The molecule has 3 nitrogen and oxygen atoms in total. The van der Waals surface area contributed by atoms with Gasteiger partial charge < -0.3 is 4.90 Å². The number of aromatic nitrogens is 1. The number of hydrogen-bond acceptors (Lipinski definition) is 3. The van der Waals surface area contributed by atoms with E-state index in [1.165, 1.54) is 0 Å². The van der Waals surface area contributed by atoms with Crippen LogP contribution < -0.4 is 4.90 Å². The lowest BCUT2D eigenvalue weighted by molar-refractivity contribution is -0.116. The lowest BCUT2D eigenvalue weighted by Crippen LogP contribution is -2.26. The zero-order chi connectivity index (χ0) is 11.7. The van der Waals surface area contributed by atoms with E-state index in [4.69, 9.17) is 11.6 Å². The summed E-state index contributed by atoms with van der Waals surface area (Å²) >= 11 is 7.14. The number of fused-ring (bicyclic) bond motifs is 1. The number of nitrogens with zero attached hydrogens (tertiary/aromatic N) is 2. The van der Waals surface area contributed by atoms with Gasteiger partial charge in [-0.2, -0.15) is 0 Å². The maximum absolute atomic E-state index is 11.4. The summed E-state index contributed by atoms with van der Waals surface area (Å²) in [6.45, 7) is 1.97. The summed E-state index contributed by atoms with van der Waals surface area (Å²) in [6.07, 6.45) is 0. The number of amides is 1. The SMILES string of the molecule is Cc1nc2ccc(N(C)C(=O)CCl)cc2s1. The molecule has 0 aliphatic rings. The van der Waals surface area contributed by atoms with Crippen LogP contribution in [0.4, 0.5) is 5.69 Å². The second-order valence-electron chi connectivity index (χ2n) is 3.47. The number of benzene rings is 1. The molecule has 0 saturated carbocycles. The number of halogens is 1. The second-order valence-corrected chi connectivity index (χ2v) is 4.97. The van der Waals surface area contributed by atoms with Crippen molar-refractivity contribution >= 4 is 44.7 Å². The second kappa shape index (κ2) is 4.39. The summed E-state index contributed by atoms with van der Waals surface area (Å²) in [4.78, 5) is 17.4. The number of thiazole rings is 1. The topological polar surface area (TPSA) is 33.2 Å². The molecule has 0 spiro atoms. The Morgan fingerprint density at radius 2 is 2.31 bits per heavy atom. The third-order valence-corrected chi connectivity index (χ3v) is 3.52. The van der Waals surface area contributed by atoms with Gasteiger partial charge in [-0.1, -0.05) is 0 Å². The van der Waals surface area contributed by atoms with Gasteiger partial charge in [0, 0.05) is 12.7 Å². The minimum atomic E-state index is -0.109. The first kappa shape index (κ1) is 11.4. The van der Waals surface area contributed by atoms with E-state index in [2.05, 4.69) is 4.98 Å². The minimum absolute atomic E-state index is 0.00371. The van der Waals surface area contributed by atoms with Crippen molar-refractivity contribution in [2.24, 2.45) is 0 Å². The van der Waals surface area contributed by atoms with E-state index >= 15 is 0 Å². The summed E-state index contributed by atoms with van der Waals surface area (Å²) in [6, 6.07) is 5.77. The smallest absolute Gasteiger partial charge is 0.241 e. The van der Waals surface area contributed by atoms with Crippen LogP contribution in [0, 0.1) is 6.92 Å². The Morgan fingerprint density at radius 3 is 3.00 bits per heavy atom. The first-order valence-corrected chi connectivity index (χ1v) is 6.16. The van der Waals surface area contributed by atoms with Crippen molar-refractivity contribution in [2.75, 3.05) is 17.8 Å². The van der Waals surface area contributed by atoms with E-state index < -0.39 is 0 Å². The molecule has 0 bridgehead atoms. The molecule has 16 heavy (non-hydrogen) atoms. The molecule has 1 aromatic carbocycles. The molecule has 0 saturated heterocycles. The molecule has 2 aromatic rings. The molecule has 1 heterocycles. The molecule has 0 atom stereocenters. The molecule has 0 N–H and O–H groups in total. The van der Waals surface area contributed by atoms with Gasteiger partial charge in [-0.25, -0.2) is 4.98 Å². The van der Waals surface area contributed by atoms with Gasteiger partial charge >= 0.3 is 0 Å². The summed E-state index contributed by atoms with van der Waals surface area (Å²) in [5.74, 6) is -0.113. The molecular formula is C11H11ClN2OS. The molecule has 1 aromatic heterocycles. The van der Waals surface area contributed by atoms with Crippen LogP contribution in [0.2, 0.25) is 0 Å². The number of aryl methyl sites for hydroxylation is 1. The number of carbonyl (C=O) groups is 1. The molecule has 0 radical (unpaired) electrons. The quantitative estimate of drug-likeness (QED) is 0.772. The number of anilines is 1. The summed E-state index contributed by atoms with van der Waals surface area (Å²) < 4.78 is 1.09. The van der Waals surface area contributed by atoms with Gasteiger partial charge in [-0.05, 0) is 25.1 Å². The lowest BCUT2D eigenvalue weighted by Gasteiger charge is -2.15. The van der Waals surface area contributed by atoms with Crippen molar-refractivity contribution in [1.82, 2.24) is 4.98 Å². The first-order valence-electron chi connectivity index (χ1n) is 4.81. The normalized spacial score (nSPS) is 10.7. The van der Waals surface area contributed by atoms with E-state index in [1.807, 2.05) is 25.1 Å². The molecule has 1 amide bonds. The van der Waals surface area contributed by atoms with E-state index in [0.29, 0.717) is 0 Å². The monoisotopic (exact) mass is 254 g/mol. The number of hydrogen-bond donors (Lipinski definition) is 0. The molecule has 0 fully saturated rings. The fourth-order valence-electron chi connectivity index (χ4n) is 1.47. The Hall–Kier alpha value is -1.13. The summed E-state index contributed by atoms with van der Waals surface area (Å²) in [5, 5.41) is 1.03. The van der Waals surface area contributed by atoms with Gasteiger partial charge in [0.2, 0.25) is 5.91 Å². The first-order chi connectivity index (χ1) is 7.61. The maximum atomic E-state index is 11.4. The Bertz CT molecular complexity index is 538. The molecular weight excluding hydrogens is 244 g/mol. The lowest BCUT2D eigenvalue weighted by atomic mass is 10.3. The molecule has 84 valence electrons. The highest BCUT2D eigenvalue weighted by molar-refractivity contribution is 7.18. The summed E-state index contributed by atoms with van der Waals surface area (Å²) in [5.41, 5.74) is 1.82. The Labute approximate surface area is 103 Å². The van der Waals surface area contributed by atoms with Crippen LogP contribution in [0.5, 0.6) is 0 Å². The maximum Gasteiger partial charge on any atom is 0.241 e. The van der Waals surface area contributed by atoms with Gasteiger partial charge in [-0.3, -0.25) is 4.79 Å². The highest BCUT2D eigenvalue weighted by Crippen LogP contribution is 2.26. The van der Waals surface area contributed by atoms with E-state index in [0.717, 1.165) is 20.9 Å². The fraction of sp³-hybridized carbons (Fsp3) is 0.273. The van der Waals surface area contributed by atoms with Crippen LogP contribution in [0.1, 0.15) is 5.01 Å². The third-order valence-electron chi connectivity index (χ3n) is 2.35. The highest BCUT2D eigenvalue weighted by Gasteiger charge is 2.10. The fourth-order valence-corrected chi connectivity index (χ4v) is 2.51. The van der Waals surface area contributed by atoms with Crippen molar-refractivity contribution in [1.29, 1.82) is 0 Å². The zero-order valence-corrected chi connectivity index (χ0v) is 10.6. The van der Waals surface area contributed by atoms with Crippen LogP contribution in [0.15, 0.2) is 18.2 Å². The van der Waals surface area contributed by atoms with E-state index in [1.54, 1.807) is 23.3 Å². The van der Waals surface area contributed by atoms with Gasteiger partial charge in [0.05, 0.1) is 15.2 Å². The zero-order valence-electron chi connectivity index (χ0n) is 9.03. The Balaban J connectivity index is 2.42. The predicted octanol–water partition coefficient (Wildman–Crippen LogP) is 2.81. The number of alkyl halides is 1. The van der Waals surface area contributed by atoms with E-state index in [-0.39, 0.29) is 11.8 Å². The minimum Gasteiger partial charge on any atom is -0.314 e. The van der Waals surface area contributed by atoms with Crippen molar-refractivity contribution in [2.45, 2.75) is 6.92 Å². The molecule has 0 aliphatic carbocycles. The molecule has 0 aliphatic heterocycles. The van der Waals surface area contributed by atoms with Crippen LogP contribution in [0.25, 0.3) is 10.2 Å². The average molecular weight is 255 g/mol. The predicted molar refractivity (Wildman–Crippen MR) is 68.5 cm³/mol. The van der Waals surface area contributed by atoms with Crippen molar-refractivity contribution in [3.05, 3.63) is 23.2 Å². The van der Waals surface area contributed by atoms with Crippen molar-refractivity contribution < 1.29 is 4.79 Å². The van der Waals surface area contributed by atoms with Crippen LogP contribution in [-0.4, -0.2) is 23.8 Å². The van der Waals surface area contributed by atoms with E-state index in [9.17, 15) is 4.79 Å². The Morgan fingerprint density at radius 1 is 1.56 bits per heavy atom.